The third kappa shape index (κ3) is 3.15. The van der Waals surface area contributed by atoms with E-state index in [0.29, 0.717) is 0 Å². The zero-order valence-electron chi connectivity index (χ0n) is 12.2. The summed E-state index contributed by atoms with van der Waals surface area (Å²) < 4.78 is 24.9. The van der Waals surface area contributed by atoms with Crippen LogP contribution in [0.1, 0.15) is 10.4 Å². The number of hydrogen-bond donors (Lipinski definition) is 2. The second kappa shape index (κ2) is 6.42. The molecule has 0 saturated carbocycles. The molecule has 1 aromatic heterocycles. The standard InChI is InChI=1S/C16H12N2O4S2/c19-13-9-5-4-8-12(13)15(20)18-16-17-14(10-23-16)24(21,22)11-6-2-1-3-7-11/h1-10,19H,(H,17,18,20). The van der Waals surface area contributed by atoms with Crippen molar-refractivity contribution in [3.63, 3.8) is 0 Å². The first-order chi connectivity index (χ1) is 11.5. The molecule has 1 heterocycles. The Morgan fingerprint density at radius 1 is 1.04 bits per heavy atom. The number of aromatic hydroxyl groups is 1. The Kier molecular flexibility index (Phi) is 4.32. The zero-order valence-corrected chi connectivity index (χ0v) is 13.8. The smallest absolute Gasteiger partial charge is 0.261 e. The number of para-hydroxylation sites is 1. The van der Waals surface area contributed by atoms with Gasteiger partial charge in [0.15, 0.2) is 10.2 Å². The highest BCUT2D eigenvalue weighted by Crippen LogP contribution is 2.26. The molecular formula is C16H12N2O4S2. The molecule has 0 spiro atoms. The van der Waals surface area contributed by atoms with Crippen molar-refractivity contribution in [3.05, 3.63) is 65.5 Å². The third-order valence-electron chi connectivity index (χ3n) is 3.18. The molecule has 2 N–H and O–H groups in total. The summed E-state index contributed by atoms with van der Waals surface area (Å²) in [6.07, 6.45) is 0. The van der Waals surface area contributed by atoms with Crippen molar-refractivity contribution in [1.82, 2.24) is 4.98 Å². The van der Waals surface area contributed by atoms with Crippen LogP contribution in [-0.4, -0.2) is 24.4 Å². The molecular weight excluding hydrogens is 348 g/mol. The van der Waals surface area contributed by atoms with E-state index in [4.69, 9.17) is 0 Å². The van der Waals surface area contributed by atoms with E-state index in [1.807, 2.05) is 0 Å². The predicted octanol–water partition coefficient (Wildman–Crippen LogP) is 2.93. The fraction of sp³-hybridized carbons (Fsp3) is 0. The van der Waals surface area contributed by atoms with Crippen molar-refractivity contribution >= 4 is 32.2 Å². The van der Waals surface area contributed by atoms with Crippen LogP contribution in [0.25, 0.3) is 0 Å². The predicted molar refractivity (Wildman–Crippen MR) is 90.1 cm³/mol. The van der Waals surface area contributed by atoms with Gasteiger partial charge in [0.25, 0.3) is 5.91 Å². The van der Waals surface area contributed by atoms with Crippen molar-refractivity contribution in [1.29, 1.82) is 0 Å². The number of benzene rings is 2. The lowest BCUT2D eigenvalue weighted by atomic mass is 10.2. The lowest BCUT2D eigenvalue weighted by Gasteiger charge is -2.03. The number of phenols is 1. The first-order valence-electron chi connectivity index (χ1n) is 6.83. The van der Waals surface area contributed by atoms with Gasteiger partial charge >= 0.3 is 0 Å². The fourth-order valence-electron chi connectivity index (χ4n) is 1.99. The number of phenolic OH excluding ortho intramolecular Hbond substituents is 1. The minimum atomic E-state index is -3.73. The van der Waals surface area contributed by atoms with E-state index < -0.39 is 15.7 Å². The molecule has 3 rings (SSSR count). The monoisotopic (exact) mass is 360 g/mol. The Bertz CT molecular complexity index is 982. The van der Waals surface area contributed by atoms with Crippen molar-refractivity contribution in [3.8, 4) is 5.75 Å². The van der Waals surface area contributed by atoms with Crippen LogP contribution in [0, 0.1) is 0 Å². The largest absolute Gasteiger partial charge is 0.507 e. The van der Waals surface area contributed by atoms with Gasteiger partial charge in [-0.1, -0.05) is 30.3 Å². The van der Waals surface area contributed by atoms with E-state index in [1.165, 1.54) is 29.6 Å². The van der Waals surface area contributed by atoms with Crippen LogP contribution in [0.2, 0.25) is 0 Å². The Morgan fingerprint density at radius 3 is 2.42 bits per heavy atom. The topological polar surface area (TPSA) is 96.4 Å². The van der Waals surface area contributed by atoms with E-state index in [-0.39, 0.29) is 26.4 Å². The number of aromatic nitrogens is 1. The molecule has 0 bridgehead atoms. The first-order valence-corrected chi connectivity index (χ1v) is 9.20. The molecule has 0 atom stereocenters. The summed E-state index contributed by atoms with van der Waals surface area (Å²) >= 11 is 0.996. The SMILES string of the molecule is O=C(Nc1nc(S(=O)(=O)c2ccccc2)cs1)c1ccccc1O. The van der Waals surface area contributed by atoms with Gasteiger partial charge in [0.05, 0.1) is 10.5 Å². The van der Waals surface area contributed by atoms with E-state index in [0.717, 1.165) is 11.3 Å². The lowest BCUT2D eigenvalue weighted by molar-refractivity contribution is 0.102. The number of sulfone groups is 1. The molecule has 3 aromatic rings. The molecule has 0 radical (unpaired) electrons. The number of amides is 1. The van der Waals surface area contributed by atoms with Crippen molar-refractivity contribution in [2.75, 3.05) is 5.32 Å². The molecule has 24 heavy (non-hydrogen) atoms. The van der Waals surface area contributed by atoms with Crippen LogP contribution in [0.4, 0.5) is 5.13 Å². The van der Waals surface area contributed by atoms with Gasteiger partial charge in [-0.25, -0.2) is 13.4 Å². The van der Waals surface area contributed by atoms with E-state index in [1.54, 1.807) is 30.3 Å². The first kappa shape index (κ1) is 16.2. The minimum absolute atomic E-state index is 0.0835. The molecule has 0 aliphatic carbocycles. The summed E-state index contributed by atoms with van der Waals surface area (Å²) in [6.45, 7) is 0. The molecule has 8 heteroatoms. The average Bonchev–Trinajstić information content (AvgIpc) is 3.05. The number of rotatable bonds is 4. The molecule has 0 unspecified atom stereocenters. The van der Waals surface area contributed by atoms with Crippen LogP contribution < -0.4 is 5.32 Å². The van der Waals surface area contributed by atoms with Gasteiger partial charge in [-0.05, 0) is 24.3 Å². The highest BCUT2D eigenvalue weighted by atomic mass is 32.2. The van der Waals surface area contributed by atoms with Crippen molar-refractivity contribution < 1.29 is 18.3 Å². The van der Waals surface area contributed by atoms with Gasteiger partial charge in [0, 0.05) is 5.38 Å². The number of anilines is 1. The van der Waals surface area contributed by atoms with Crippen LogP contribution in [0.3, 0.4) is 0 Å². The molecule has 1 amide bonds. The average molecular weight is 360 g/mol. The Labute approximate surface area is 142 Å². The molecule has 122 valence electrons. The minimum Gasteiger partial charge on any atom is -0.507 e. The van der Waals surface area contributed by atoms with Gasteiger partial charge in [-0.2, -0.15) is 0 Å². The second-order valence-electron chi connectivity index (χ2n) is 4.78. The van der Waals surface area contributed by atoms with Crippen molar-refractivity contribution in [2.24, 2.45) is 0 Å². The van der Waals surface area contributed by atoms with Crippen LogP contribution in [0.15, 0.2) is 69.9 Å². The lowest BCUT2D eigenvalue weighted by Crippen LogP contribution is -2.12. The Hall–Kier alpha value is -2.71. The maximum atomic E-state index is 12.4. The normalized spacial score (nSPS) is 11.2. The molecule has 6 nitrogen and oxygen atoms in total. The van der Waals surface area contributed by atoms with Gasteiger partial charge in [-0.15, -0.1) is 11.3 Å². The number of carbonyl (C=O) groups excluding carboxylic acids is 1. The van der Waals surface area contributed by atoms with Gasteiger partial charge in [-0.3, -0.25) is 10.1 Å². The molecule has 0 aliphatic heterocycles. The number of nitrogens with zero attached hydrogens (tertiary/aromatic N) is 1. The molecule has 0 aliphatic rings. The van der Waals surface area contributed by atoms with E-state index >= 15 is 0 Å². The summed E-state index contributed by atoms with van der Waals surface area (Å²) in [5, 5.41) is 13.5. The highest BCUT2D eigenvalue weighted by Gasteiger charge is 2.21. The van der Waals surface area contributed by atoms with Gasteiger partial charge in [0.2, 0.25) is 9.84 Å². The van der Waals surface area contributed by atoms with Crippen molar-refractivity contribution in [2.45, 2.75) is 9.92 Å². The highest BCUT2D eigenvalue weighted by molar-refractivity contribution is 7.91. The maximum absolute atomic E-state index is 12.4. The fourth-order valence-corrected chi connectivity index (χ4v) is 4.24. The number of carbonyl (C=O) groups is 1. The third-order valence-corrected chi connectivity index (χ3v) is 5.74. The van der Waals surface area contributed by atoms with E-state index in [9.17, 15) is 18.3 Å². The summed E-state index contributed by atoms with van der Waals surface area (Å²) in [6, 6.07) is 14.0. The van der Waals surface area contributed by atoms with Crippen LogP contribution in [0.5, 0.6) is 5.75 Å². The molecule has 2 aromatic carbocycles. The second-order valence-corrected chi connectivity index (χ2v) is 7.53. The molecule has 0 fully saturated rings. The molecule has 0 saturated heterocycles. The van der Waals surface area contributed by atoms with E-state index in [2.05, 4.69) is 10.3 Å². The summed E-state index contributed by atoms with van der Waals surface area (Å²) in [5.74, 6) is -0.727. The van der Waals surface area contributed by atoms with Crippen LogP contribution >= 0.6 is 11.3 Å². The Morgan fingerprint density at radius 2 is 1.71 bits per heavy atom. The maximum Gasteiger partial charge on any atom is 0.261 e. The number of hydrogen-bond acceptors (Lipinski definition) is 6. The zero-order chi connectivity index (χ0) is 17.2. The Balaban J connectivity index is 1.84. The van der Waals surface area contributed by atoms with Gasteiger partial charge < -0.3 is 5.11 Å². The quantitative estimate of drug-likeness (QED) is 0.746. The van der Waals surface area contributed by atoms with Crippen LogP contribution in [-0.2, 0) is 9.84 Å². The van der Waals surface area contributed by atoms with Gasteiger partial charge in [0.1, 0.15) is 5.75 Å². The summed E-state index contributed by atoms with van der Waals surface area (Å²) in [4.78, 5) is 16.2. The number of nitrogens with one attached hydrogen (secondary N) is 1. The summed E-state index contributed by atoms with van der Waals surface area (Å²) in [5.41, 5.74) is 0.0835. The summed E-state index contributed by atoms with van der Waals surface area (Å²) in [7, 11) is -3.73. The number of thiazole rings is 1.